The summed E-state index contributed by atoms with van der Waals surface area (Å²) in [5, 5.41) is 6.22. The normalized spacial score (nSPS) is 14.7. The molecule has 140 valence electrons. The van der Waals surface area contributed by atoms with Gasteiger partial charge in [-0.3, -0.25) is 9.59 Å². The molecule has 2 N–H and O–H groups in total. The minimum Gasteiger partial charge on any atom is -0.355 e. The number of hydrogen-bond acceptors (Lipinski definition) is 3. The third-order valence-corrected chi connectivity index (χ3v) is 4.52. The van der Waals surface area contributed by atoms with E-state index in [1.54, 1.807) is 0 Å². The van der Waals surface area contributed by atoms with Gasteiger partial charge in [0.1, 0.15) is 0 Å². The molecule has 0 bridgehead atoms. The first-order valence-electron chi connectivity index (χ1n) is 8.98. The molecule has 6 heteroatoms. The predicted molar refractivity (Wildman–Crippen MR) is 103 cm³/mol. The van der Waals surface area contributed by atoms with Gasteiger partial charge in [0, 0.05) is 26.1 Å². The van der Waals surface area contributed by atoms with Crippen LogP contribution in [0.1, 0.15) is 31.7 Å². The van der Waals surface area contributed by atoms with E-state index in [-0.39, 0.29) is 24.2 Å². The largest absolute Gasteiger partial charge is 0.355 e. The topological polar surface area (TPSA) is 61.4 Å². The predicted octanol–water partition coefficient (Wildman–Crippen LogP) is 2.01. The van der Waals surface area contributed by atoms with Gasteiger partial charge >= 0.3 is 0 Å². The maximum Gasteiger partial charge on any atom is 0.224 e. The monoisotopic (exact) mass is 367 g/mol. The lowest BCUT2D eigenvalue weighted by atomic mass is 9.96. The molecule has 0 radical (unpaired) electrons. The number of nitrogens with one attached hydrogen (secondary N) is 2. The first kappa shape index (κ1) is 21.5. The Morgan fingerprint density at radius 3 is 2.48 bits per heavy atom. The highest BCUT2D eigenvalue weighted by atomic mass is 35.5. The zero-order chi connectivity index (χ0) is 17.2. The molecule has 2 rings (SSSR count). The lowest BCUT2D eigenvalue weighted by Crippen LogP contribution is -2.42. The summed E-state index contributed by atoms with van der Waals surface area (Å²) in [4.78, 5) is 26.0. The number of benzene rings is 1. The molecule has 5 nitrogen and oxygen atoms in total. The van der Waals surface area contributed by atoms with Crippen LogP contribution in [0.25, 0.3) is 0 Å². The van der Waals surface area contributed by atoms with Crippen LogP contribution in [0.2, 0.25) is 0 Å². The second-order valence-corrected chi connectivity index (χ2v) is 6.39. The van der Waals surface area contributed by atoms with Gasteiger partial charge in [-0.1, -0.05) is 37.3 Å². The Labute approximate surface area is 157 Å². The van der Waals surface area contributed by atoms with Gasteiger partial charge in [0.15, 0.2) is 0 Å². The minimum atomic E-state index is -0.0293. The van der Waals surface area contributed by atoms with Crippen molar-refractivity contribution in [1.29, 1.82) is 0 Å². The van der Waals surface area contributed by atoms with Crippen molar-refractivity contribution < 1.29 is 9.59 Å². The average molecular weight is 368 g/mol. The van der Waals surface area contributed by atoms with Crippen LogP contribution < -0.4 is 10.6 Å². The summed E-state index contributed by atoms with van der Waals surface area (Å²) >= 11 is 0. The highest BCUT2D eigenvalue weighted by Gasteiger charge is 2.22. The van der Waals surface area contributed by atoms with Gasteiger partial charge in [-0.25, -0.2) is 0 Å². The van der Waals surface area contributed by atoms with Crippen LogP contribution in [0, 0.1) is 5.92 Å². The summed E-state index contributed by atoms with van der Waals surface area (Å²) in [5.41, 5.74) is 0.990. The number of rotatable bonds is 8. The summed E-state index contributed by atoms with van der Waals surface area (Å²) in [6.45, 7) is 6.27. The van der Waals surface area contributed by atoms with E-state index in [1.165, 1.54) is 0 Å². The van der Waals surface area contributed by atoms with Crippen molar-refractivity contribution in [3.63, 3.8) is 0 Å². The zero-order valence-corrected chi connectivity index (χ0v) is 15.8. The van der Waals surface area contributed by atoms with Gasteiger partial charge in [0.2, 0.25) is 11.8 Å². The summed E-state index contributed by atoms with van der Waals surface area (Å²) in [7, 11) is 0. The van der Waals surface area contributed by atoms with Crippen molar-refractivity contribution in [2.75, 3.05) is 32.7 Å². The standard InChI is InChI=1S/C19H29N3O2.ClH/c1-2-20-15-17-9-12-22(13-10-17)19(24)8-11-21-18(23)14-16-6-4-3-5-7-16;/h3-7,17,20H,2,8-15H2,1H3,(H,21,23);1H. The second kappa shape index (κ2) is 11.9. The third-order valence-electron chi connectivity index (χ3n) is 4.52. The van der Waals surface area contributed by atoms with E-state index >= 15 is 0 Å². The average Bonchev–Trinajstić information content (AvgIpc) is 2.61. The lowest BCUT2D eigenvalue weighted by Gasteiger charge is -2.32. The fourth-order valence-electron chi connectivity index (χ4n) is 3.05. The van der Waals surface area contributed by atoms with E-state index in [4.69, 9.17) is 0 Å². The molecule has 1 aliphatic rings. The summed E-state index contributed by atoms with van der Waals surface area (Å²) < 4.78 is 0. The zero-order valence-electron chi connectivity index (χ0n) is 15.0. The fraction of sp³-hybridized carbons (Fsp3) is 0.579. The molecule has 0 aromatic heterocycles. The van der Waals surface area contributed by atoms with Crippen molar-refractivity contribution in [3.8, 4) is 0 Å². The summed E-state index contributed by atoms with van der Waals surface area (Å²) in [6, 6.07) is 9.64. The first-order chi connectivity index (χ1) is 11.7. The molecule has 1 aliphatic heterocycles. The van der Waals surface area contributed by atoms with Gasteiger partial charge < -0.3 is 15.5 Å². The smallest absolute Gasteiger partial charge is 0.224 e. The van der Waals surface area contributed by atoms with Crippen molar-refractivity contribution in [2.24, 2.45) is 5.92 Å². The molecule has 1 aromatic carbocycles. The lowest BCUT2D eigenvalue weighted by molar-refractivity contribution is -0.132. The number of piperidine rings is 1. The van der Waals surface area contributed by atoms with E-state index < -0.39 is 0 Å². The van der Waals surface area contributed by atoms with Crippen LogP contribution >= 0.6 is 12.4 Å². The Morgan fingerprint density at radius 2 is 1.84 bits per heavy atom. The van der Waals surface area contributed by atoms with Crippen LogP contribution in [0.5, 0.6) is 0 Å². The van der Waals surface area contributed by atoms with Crippen molar-refractivity contribution in [3.05, 3.63) is 35.9 Å². The van der Waals surface area contributed by atoms with Gasteiger partial charge in [0.25, 0.3) is 0 Å². The van der Waals surface area contributed by atoms with Crippen molar-refractivity contribution in [1.82, 2.24) is 15.5 Å². The number of hydrogen-bond donors (Lipinski definition) is 2. The molecule has 1 heterocycles. The molecule has 0 unspecified atom stereocenters. The number of amides is 2. The van der Waals surface area contributed by atoms with E-state index in [1.807, 2.05) is 35.2 Å². The molecule has 0 atom stereocenters. The van der Waals surface area contributed by atoms with Crippen LogP contribution in [0.4, 0.5) is 0 Å². The molecule has 1 fully saturated rings. The van der Waals surface area contributed by atoms with Crippen LogP contribution in [-0.2, 0) is 16.0 Å². The number of carbonyl (C=O) groups is 2. The molecular weight excluding hydrogens is 338 g/mol. The van der Waals surface area contributed by atoms with Crippen LogP contribution in [-0.4, -0.2) is 49.4 Å². The molecule has 0 saturated carbocycles. The molecule has 1 aromatic rings. The van der Waals surface area contributed by atoms with E-state index in [2.05, 4.69) is 17.6 Å². The molecule has 2 amide bonds. The van der Waals surface area contributed by atoms with E-state index in [0.29, 0.717) is 25.3 Å². The SMILES string of the molecule is CCNCC1CCN(C(=O)CCNC(=O)Cc2ccccc2)CC1.Cl. The first-order valence-corrected chi connectivity index (χ1v) is 8.98. The van der Waals surface area contributed by atoms with Gasteiger partial charge in [0.05, 0.1) is 6.42 Å². The summed E-state index contributed by atoms with van der Waals surface area (Å²) in [6.07, 6.45) is 2.89. The Kier molecular flexibility index (Phi) is 10.2. The Balaban J connectivity index is 0.00000312. The number of likely N-dealkylation sites (tertiary alicyclic amines) is 1. The summed E-state index contributed by atoms with van der Waals surface area (Å²) in [5.74, 6) is 0.801. The van der Waals surface area contributed by atoms with Crippen LogP contribution in [0.15, 0.2) is 30.3 Å². The highest BCUT2D eigenvalue weighted by Crippen LogP contribution is 2.16. The maximum absolute atomic E-state index is 12.2. The van der Waals surface area contributed by atoms with Crippen LogP contribution in [0.3, 0.4) is 0 Å². The number of nitrogens with zero attached hydrogens (tertiary/aromatic N) is 1. The van der Waals surface area contributed by atoms with E-state index in [9.17, 15) is 9.59 Å². The van der Waals surface area contributed by atoms with E-state index in [0.717, 1.165) is 44.6 Å². The number of carbonyl (C=O) groups excluding carboxylic acids is 2. The minimum absolute atomic E-state index is 0. The molecule has 1 saturated heterocycles. The van der Waals surface area contributed by atoms with Gasteiger partial charge in [-0.2, -0.15) is 0 Å². The van der Waals surface area contributed by atoms with Crippen molar-refractivity contribution in [2.45, 2.75) is 32.6 Å². The fourth-order valence-corrected chi connectivity index (χ4v) is 3.05. The molecular formula is C19H30ClN3O2. The highest BCUT2D eigenvalue weighted by molar-refractivity contribution is 5.85. The third kappa shape index (κ3) is 7.88. The Bertz CT molecular complexity index is 517. The van der Waals surface area contributed by atoms with Crippen molar-refractivity contribution >= 4 is 24.2 Å². The van der Waals surface area contributed by atoms with Gasteiger partial charge in [-0.05, 0) is 37.4 Å². The Hall–Kier alpha value is -1.59. The molecule has 25 heavy (non-hydrogen) atoms. The quantitative estimate of drug-likeness (QED) is 0.738. The molecule has 0 aliphatic carbocycles. The number of halogens is 1. The maximum atomic E-state index is 12.2. The molecule has 0 spiro atoms. The Morgan fingerprint density at radius 1 is 1.16 bits per heavy atom. The second-order valence-electron chi connectivity index (χ2n) is 6.39. The van der Waals surface area contributed by atoms with Gasteiger partial charge in [-0.15, -0.1) is 12.4 Å².